The number of sulfonamides is 1. The van der Waals surface area contributed by atoms with E-state index in [1.54, 1.807) is 4.31 Å². The fraction of sp³-hybridized carbons (Fsp3) is 0.714. The van der Waals surface area contributed by atoms with Crippen molar-refractivity contribution in [3.05, 3.63) is 23.7 Å². The Balaban J connectivity index is 1.77. The van der Waals surface area contributed by atoms with Crippen LogP contribution in [0.2, 0.25) is 0 Å². The third kappa shape index (κ3) is 2.77. The zero-order chi connectivity index (χ0) is 14.2. The minimum Gasteiger partial charge on any atom is -0.465 e. The van der Waals surface area contributed by atoms with Crippen molar-refractivity contribution in [1.82, 2.24) is 4.31 Å². The van der Waals surface area contributed by atoms with E-state index in [2.05, 4.69) is 0 Å². The summed E-state index contributed by atoms with van der Waals surface area (Å²) in [5, 5.41) is 0. The molecule has 0 amide bonds. The van der Waals surface area contributed by atoms with E-state index in [-0.39, 0.29) is 17.9 Å². The molecule has 2 saturated heterocycles. The van der Waals surface area contributed by atoms with Crippen LogP contribution in [0, 0.1) is 6.92 Å². The van der Waals surface area contributed by atoms with Gasteiger partial charge in [-0.1, -0.05) is 0 Å². The Kier molecular flexibility index (Phi) is 3.88. The van der Waals surface area contributed by atoms with Crippen molar-refractivity contribution in [2.45, 2.75) is 44.8 Å². The first-order chi connectivity index (χ1) is 9.56. The maximum Gasteiger partial charge on any atom is 0.217 e. The minimum atomic E-state index is -3.28. The van der Waals surface area contributed by atoms with Crippen LogP contribution in [0.1, 0.15) is 43.2 Å². The lowest BCUT2D eigenvalue weighted by Crippen LogP contribution is -2.36. The molecule has 20 heavy (non-hydrogen) atoms. The molecule has 2 atom stereocenters. The number of hydrogen-bond acceptors (Lipinski definition) is 4. The Morgan fingerprint density at radius 3 is 2.80 bits per heavy atom. The summed E-state index contributed by atoms with van der Waals surface area (Å²) in [4.78, 5) is 0. The highest BCUT2D eigenvalue weighted by molar-refractivity contribution is 7.89. The van der Waals surface area contributed by atoms with E-state index >= 15 is 0 Å². The molecular formula is C14H21NO4S. The number of hydrogen-bond donors (Lipinski definition) is 0. The highest BCUT2D eigenvalue weighted by Gasteiger charge is 2.38. The summed E-state index contributed by atoms with van der Waals surface area (Å²) in [5.74, 6) is 1.68. The van der Waals surface area contributed by atoms with Gasteiger partial charge in [-0.25, -0.2) is 8.42 Å². The molecule has 2 aliphatic heterocycles. The number of rotatable bonds is 4. The summed E-state index contributed by atoms with van der Waals surface area (Å²) in [6.07, 6.45) is 3.38. The molecule has 0 aromatic carbocycles. The summed E-state index contributed by atoms with van der Waals surface area (Å²) >= 11 is 0. The van der Waals surface area contributed by atoms with Gasteiger partial charge in [0.15, 0.2) is 0 Å². The lowest BCUT2D eigenvalue weighted by atomic mass is 10.2. The van der Waals surface area contributed by atoms with Crippen LogP contribution in [-0.2, 0) is 14.8 Å². The molecule has 1 aromatic rings. The van der Waals surface area contributed by atoms with Crippen molar-refractivity contribution in [3.8, 4) is 0 Å². The van der Waals surface area contributed by atoms with E-state index in [1.807, 2.05) is 19.1 Å². The molecule has 112 valence electrons. The third-order valence-corrected chi connectivity index (χ3v) is 6.02. The molecule has 0 spiro atoms. The smallest absolute Gasteiger partial charge is 0.217 e. The molecule has 2 fully saturated rings. The first-order valence-electron chi connectivity index (χ1n) is 7.24. The Morgan fingerprint density at radius 2 is 2.15 bits per heavy atom. The highest BCUT2D eigenvalue weighted by Crippen LogP contribution is 2.35. The SMILES string of the molecule is Cc1ccc([C@H]2CCCN2S(=O)(=O)C[C@H]2CCCO2)o1. The van der Waals surface area contributed by atoms with Gasteiger partial charge < -0.3 is 9.15 Å². The van der Waals surface area contributed by atoms with E-state index in [1.165, 1.54) is 0 Å². The van der Waals surface area contributed by atoms with Gasteiger partial charge in [-0.15, -0.1) is 0 Å². The zero-order valence-corrected chi connectivity index (χ0v) is 12.6. The van der Waals surface area contributed by atoms with Gasteiger partial charge in [-0.3, -0.25) is 0 Å². The highest BCUT2D eigenvalue weighted by atomic mass is 32.2. The van der Waals surface area contributed by atoms with Gasteiger partial charge in [0.25, 0.3) is 0 Å². The number of furan rings is 1. The first-order valence-corrected chi connectivity index (χ1v) is 8.84. The second-order valence-corrected chi connectivity index (χ2v) is 7.60. The van der Waals surface area contributed by atoms with Gasteiger partial charge in [-0.05, 0) is 44.7 Å². The molecular weight excluding hydrogens is 278 g/mol. The lowest BCUT2D eigenvalue weighted by Gasteiger charge is -2.24. The molecule has 3 heterocycles. The maximum absolute atomic E-state index is 12.6. The van der Waals surface area contributed by atoms with E-state index in [0.29, 0.717) is 13.2 Å². The zero-order valence-electron chi connectivity index (χ0n) is 11.7. The van der Waals surface area contributed by atoms with Crippen LogP contribution in [-0.4, -0.2) is 37.7 Å². The molecule has 1 aromatic heterocycles. The Morgan fingerprint density at radius 1 is 1.30 bits per heavy atom. The van der Waals surface area contributed by atoms with Crippen LogP contribution in [0.25, 0.3) is 0 Å². The average Bonchev–Trinajstić information content (AvgIpc) is 3.07. The topological polar surface area (TPSA) is 59.8 Å². The summed E-state index contributed by atoms with van der Waals surface area (Å²) in [7, 11) is -3.28. The molecule has 0 unspecified atom stereocenters. The standard InChI is InChI=1S/C14H21NO4S/c1-11-6-7-14(19-11)13-5-2-8-15(13)20(16,17)10-12-4-3-9-18-12/h6-7,12-13H,2-5,8-10H2,1H3/t12-,13-/m1/s1. The summed E-state index contributed by atoms with van der Waals surface area (Å²) in [6.45, 7) is 3.14. The molecule has 3 rings (SSSR count). The van der Waals surface area contributed by atoms with Crippen molar-refractivity contribution < 1.29 is 17.6 Å². The largest absolute Gasteiger partial charge is 0.465 e. The fourth-order valence-corrected chi connectivity index (χ4v) is 5.02. The molecule has 5 nitrogen and oxygen atoms in total. The Hall–Kier alpha value is -0.850. The Bertz CT molecular complexity index is 559. The summed E-state index contributed by atoms with van der Waals surface area (Å²) < 4.78 is 37.9. The monoisotopic (exact) mass is 299 g/mol. The van der Waals surface area contributed by atoms with E-state index in [4.69, 9.17) is 9.15 Å². The Labute approximate surface area is 119 Å². The van der Waals surface area contributed by atoms with E-state index < -0.39 is 10.0 Å². The molecule has 0 radical (unpaired) electrons. The minimum absolute atomic E-state index is 0.100. The molecule has 6 heteroatoms. The molecule has 0 N–H and O–H groups in total. The van der Waals surface area contributed by atoms with Crippen LogP contribution in [0.4, 0.5) is 0 Å². The van der Waals surface area contributed by atoms with Crippen LogP contribution in [0.5, 0.6) is 0 Å². The van der Waals surface area contributed by atoms with E-state index in [9.17, 15) is 8.42 Å². The van der Waals surface area contributed by atoms with Gasteiger partial charge in [0.1, 0.15) is 11.5 Å². The number of nitrogens with zero attached hydrogens (tertiary/aromatic N) is 1. The molecule has 0 saturated carbocycles. The van der Waals surface area contributed by atoms with Crippen molar-refractivity contribution >= 4 is 10.0 Å². The van der Waals surface area contributed by atoms with Gasteiger partial charge in [0.05, 0.1) is 17.9 Å². The average molecular weight is 299 g/mol. The maximum atomic E-state index is 12.6. The predicted molar refractivity (Wildman–Crippen MR) is 74.9 cm³/mol. The second-order valence-electron chi connectivity index (χ2n) is 5.63. The summed E-state index contributed by atoms with van der Waals surface area (Å²) in [6, 6.07) is 3.63. The van der Waals surface area contributed by atoms with Gasteiger partial charge in [0.2, 0.25) is 10.0 Å². The predicted octanol–water partition coefficient (Wildman–Crippen LogP) is 2.23. The molecule has 2 aliphatic rings. The van der Waals surface area contributed by atoms with Crippen LogP contribution >= 0.6 is 0 Å². The van der Waals surface area contributed by atoms with E-state index in [0.717, 1.165) is 37.2 Å². The van der Waals surface area contributed by atoms with Gasteiger partial charge >= 0.3 is 0 Å². The third-order valence-electron chi connectivity index (χ3n) is 4.07. The van der Waals surface area contributed by atoms with Crippen molar-refractivity contribution in [3.63, 3.8) is 0 Å². The first kappa shape index (κ1) is 14.1. The van der Waals surface area contributed by atoms with Crippen LogP contribution in [0.15, 0.2) is 16.5 Å². The molecule has 0 aliphatic carbocycles. The fourth-order valence-electron chi connectivity index (χ4n) is 3.10. The number of ether oxygens (including phenoxy) is 1. The lowest BCUT2D eigenvalue weighted by molar-refractivity contribution is 0.126. The number of aryl methyl sites for hydroxylation is 1. The van der Waals surface area contributed by atoms with Crippen molar-refractivity contribution in [1.29, 1.82) is 0 Å². The van der Waals surface area contributed by atoms with Crippen molar-refractivity contribution in [2.75, 3.05) is 18.9 Å². The normalized spacial score (nSPS) is 28.2. The van der Waals surface area contributed by atoms with Crippen molar-refractivity contribution in [2.24, 2.45) is 0 Å². The summed E-state index contributed by atoms with van der Waals surface area (Å²) in [5.41, 5.74) is 0. The second kappa shape index (κ2) is 5.50. The molecule has 0 bridgehead atoms. The van der Waals surface area contributed by atoms with Crippen LogP contribution < -0.4 is 0 Å². The van der Waals surface area contributed by atoms with Crippen LogP contribution in [0.3, 0.4) is 0 Å². The van der Waals surface area contributed by atoms with Gasteiger partial charge in [0, 0.05) is 13.2 Å². The quantitative estimate of drug-likeness (QED) is 0.855. The van der Waals surface area contributed by atoms with Gasteiger partial charge in [-0.2, -0.15) is 4.31 Å².